The van der Waals surface area contributed by atoms with Crippen molar-refractivity contribution in [3.8, 4) is 5.75 Å². The molecule has 1 aliphatic carbocycles. The highest BCUT2D eigenvalue weighted by Crippen LogP contribution is 2.31. The van der Waals surface area contributed by atoms with E-state index in [4.69, 9.17) is 9.84 Å². The van der Waals surface area contributed by atoms with Crippen molar-refractivity contribution in [3.63, 3.8) is 0 Å². The zero-order valence-corrected chi connectivity index (χ0v) is 12.1. The number of benzene rings is 1. The van der Waals surface area contributed by atoms with Crippen LogP contribution < -0.4 is 4.74 Å². The first-order chi connectivity index (χ1) is 10.2. The molecule has 0 atom stereocenters. The van der Waals surface area contributed by atoms with Gasteiger partial charge in [0, 0.05) is 6.20 Å². The van der Waals surface area contributed by atoms with E-state index in [1.807, 2.05) is 22.6 Å². The summed E-state index contributed by atoms with van der Waals surface area (Å²) in [6.07, 6.45) is 6.66. The minimum atomic E-state index is -1.000. The van der Waals surface area contributed by atoms with Gasteiger partial charge in [-0.1, -0.05) is 11.3 Å². The molecule has 5 nitrogen and oxygen atoms in total. The van der Waals surface area contributed by atoms with Crippen LogP contribution in [0, 0.1) is 0 Å². The van der Waals surface area contributed by atoms with Gasteiger partial charge in [0.15, 0.2) is 10.7 Å². The Bertz CT molecular complexity index is 830. The quantitative estimate of drug-likeness (QED) is 0.803. The topological polar surface area (TPSA) is 63.8 Å². The van der Waals surface area contributed by atoms with Crippen molar-refractivity contribution >= 4 is 32.5 Å². The van der Waals surface area contributed by atoms with Crippen molar-refractivity contribution in [2.75, 3.05) is 0 Å². The van der Waals surface area contributed by atoms with Crippen LogP contribution in [-0.2, 0) is 0 Å². The van der Waals surface area contributed by atoms with E-state index in [1.165, 1.54) is 24.2 Å². The van der Waals surface area contributed by atoms with Gasteiger partial charge in [0.2, 0.25) is 0 Å². The number of aromatic carboxylic acids is 1. The number of thiazole rings is 1. The van der Waals surface area contributed by atoms with Crippen molar-refractivity contribution in [1.29, 1.82) is 0 Å². The highest BCUT2D eigenvalue weighted by atomic mass is 32.1. The van der Waals surface area contributed by atoms with Crippen molar-refractivity contribution < 1.29 is 14.6 Å². The molecule has 1 N–H and O–H groups in total. The number of nitrogens with zero attached hydrogens (tertiary/aromatic N) is 2. The summed E-state index contributed by atoms with van der Waals surface area (Å²) < 4.78 is 8.88. The van der Waals surface area contributed by atoms with E-state index in [2.05, 4.69) is 4.98 Å². The maximum absolute atomic E-state index is 11.0. The fourth-order valence-corrected chi connectivity index (χ4v) is 3.89. The van der Waals surface area contributed by atoms with Crippen LogP contribution in [0.1, 0.15) is 36.2 Å². The molecule has 0 radical (unpaired) electrons. The van der Waals surface area contributed by atoms with Crippen LogP contribution in [0.4, 0.5) is 0 Å². The molecule has 108 valence electrons. The van der Waals surface area contributed by atoms with Gasteiger partial charge in [0.05, 0.1) is 16.3 Å². The number of rotatable bonds is 3. The Morgan fingerprint density at radius 3 is 2.95 bits per heavy atom. The summed E-state index contributed by atoms with van der Waals surface area (Å²) in [4.78, 5) is 15.8. The number of hydrogen-bond donors (Lipinski definition) is 1. The number of carboxylic acid groups (broad SMARTS) is 1. The zero-order valence-electron chi connectivity index (χ0n) is 11.3. The molecule has 0 bridgehead atoms. The van der Waals surface area contributed by atoms with Crippen molar-refractivity contribution in [1.82, 2.24) is 9.38 Å². The third-order valence-electron chi connectivity index (χ3n) is 3.89. The van der Waals surface area contributed by atoms with Crippen LogP contribution in [0.15, 0.2) is 24.4 Å². The summed E-state index contributed by atoms with van der Waals surface area (Å²) in [5, 5.41) is 8.99. The van der Waals surface area contributed by atoms with E-state index in [9.17, 15) is 4.79 Å². The number of aromatic nitrogens is 2. The van der Waals surface area contributed by atoms with Crippen molar-refractivity contribution in [3.05, 3.63) is 30.1 Å². The van der Waals surface area contributed by atoms with Gasteiger partial charge in [-0.15, -0.1) is 0 Å². The largest absolute Gasteiger partial charge is 0.490 e. The molecule has 2 aromatic heterocycles. The van der Waals surface area contributed by atoms with Gasteiger partial charge in [-0.3, -0.25) is 4.40 Å². The van der Waals surface area contributed by atoms with Gasteiger partial charge >= 0.3 is 5.97 Å². The second-order valence-electron chi connectivity index (χ2n) is 5.34. The SMILES string of the molecule is O=C(O)c1cn2c(n1)sc1cc(OC3CCCC3)ccc12. The fraction of sp³-hybridized carbons (Fsp3) is 0.333. The van der Waals surface area contributed by atoms with Crippen LogP contribution in [0.3, 0.4) is 0 Å². The lowest BCUT2D eigenvalue weighted by Gasteiger charge is -2.12. The van der Waals surface area contributed by atoms with Crippen LogP contribution >= 0.6 is 11.3 Å². The third kappa shape index (κ3) is 2.15. The molecule has 6 heteroatoms. The zero-order chi connectivity index (χ0) is 14.4. The maximum Gasteiger partial charge on any atom is 0.356 e. The Labute approximate surface area is 124 Å². The van der Waals surface area contributed by atoms with E-state index in [-0.39, 0.29) is 5.69 Å². The number of carboxylic acids is 1. The van der Waals surface area contributed by atoms with Gasteiger partial charge in [-0.05, 0) is 43.9 Å². The first kappa shape index (κ1) is 12.6. The molecule has 1 fully saturated rings. The lowest BCUT2D eigenvalue weighted by Crippen LogP contribution is -2.10. The summed E-state index contributed by atoms with van der Waals surface area (Å²) in [6.45, 7) is 0. The van der Waals surface area contributed by atoms with E-state index in [1.54, 1.807) is 6.20 Å². The Balaban J connectivity index is 1.72. The number of ether oxygens (including phenoxy) is 1. The second kappa shape index (κ2) is 4.73. The number of fused-ring (bicyclic) bond motifs is 3. The predicted molar refractivity (Wildman–Crippen MR) is 80.4 cm³/mol. The van der Waals surface area contributed by atoms with E-state index >= 15 is 0 Å². The highest BCUT2D eigenvalue weighted by molar-refractivity contribution is 7.23. The van der Waals surface area contributed by atoms with E-state index < -0.39 is 5.97 Å². The molecule has 0 unspecified atom stereocenters. The molecule has 1 aromatic carbocycles. The predicted octanol–water partition coefficient (Wildman–Crippen LogP) is 3.57. The molecule has 0 spiro atoms. The maximum atomic E-state index is 11.0. The Morgan fingerprint density at radius 1 is 1.38 bits per heavy atom. The van der Waals surface area contributed by atoms with Gasteiger partial charge < -0.3 is 9.84 Å². The lowest BCUT2D eigenvalue weighted by molar-refractivity contribution is 0.0691. The normalized spacial score (nSPS) is 16.0. The van der Waals surface area contributed by atoms with Crippen LogP contribution in [0.2, 0.25) is 0 Å². The summed E-state index contributed by atoms with van der Waals surface area (Å²) in [7, 11) is 0. The first-order valence-corrected chi connectivity index (χ1v) is 7.84. The number of imidazole rings is 1. The fourth-order valence-electron chi connectivity index (χ4n) is 2.86. The Kier molecular flexibility index (Phi) is 2.85. The van der Waals surface area contributed by atoms with Crippen LogP contribution in [0.25, 0.3) is 15.2 Å². The van der Waals surface area contributed by atoms with Gasteiger partial charge in [0.1, 0.15) is 5.75 Å². The molecule has 1 aliphatic rings. The summed E-state index contributed by atoms with van der Waals surface area (Å²) in [5.41, 5.74) is 1.04. The van der Waals surface area contributed by atoms with Gasteiger partial charge in [-0.25, -0.2) is 9.78 Å². The molecular formula is C15H14N2O3S. The summed E-state index contributed by atoms with van der Waals surface area (Å²) >= 11 is 1.48. The summed E-state index contributed by atoms with van der Waals surface area (Å²) in [6, 6.07) is 5.94. The number of hydrogen-bond acceptors (Lipinski definition) is 4. The molecular weight excluding hydrogens is 288 g/mol. The van der Waals surface area contributed by atoms with Crippen LogP contribution in [-0.4, -0.2) is 26.6 Å². The molecule has 21 heavy (non-hydrogen) atoms. The van der Waals surface area contributed by atoms with Crippen molar-refractivity contribution in [2.45, 2.75) is 31.8 Å². The second-order valence-corrected chi connectivity index (χ2v) is 6.35. The first-order valence-electron chi connectivity index (χ1n) is 7.02. The average molecular weight is 302 g/mol. The number of carbonyl (C=O) groups is 1. The van der Waals surface area contributed by atoms with Crippen LogP contribution in [0.5, 0.6) is 5.75 Å². The van der Waals surface area contributed by atoms with Gasteiger partial charge in [-0.2, -0.15) is 0 Å². The molecule has 0 aliphatic heterocycles. The molecule has 4 rings (SSSR count). The minimum Gasteiger partial charge on any atom is -0.490 e. The van der Waals surface area contributed by atoms with Gasteiger partial charge in [0.25, 0.3) is 0 Å². The third-order valence-corrected chi connectivity index (χ3v) is 4.91. The summed E-state index contributed by atoms with van der Waals surface area (Å²) in [5.74, 6) is -0.113. The average Bonchev–Trinajstić information content (AvgIpc) is 3.13. The Hall–Kier alpha value is -2.08. The molecule has 1 saturated carbocycles. The molecule has 0 amide bonds. The minimum absolute atomic E-state index is 0.0782. The standard InChI is InChI=1S/C15H14N2O3S/c18-14(19)11-8-17-12-6-5-10(20-9-3-1-2-4-9)7-13(12)21-15(17)16-11/h5-9H,1-4H2,(H,18,19). The monoisotopic (exact) mass is 302 g/mol. The highest BCUT2D eigenvalue weighted by Gasteiger charge is 2.17. The lowest BCUT2D eigenvalue weighted by atomic mass is 10.3. The van der Waals surface area contributed by atoms with E-state index in [0.29, 0.717) is 11.1 Å². The van der Waals surface area contributed by atoms with E-state index in [0.717, 1.165) is 28.8 Å². The smallest absolute Gasteiger partial charge is 0.356 e. The molecule has 0 saturated heterocycles. The van der Waals surface area contributed by atoms with Crippen molar-refractivity contribution in [2.24, 2.45) is 0 Å². The molecule has 2 heterocycles. The Morgan fingerprint density at radius 2 is 2.19 bits per heavy atom. The molecule has 3 aromatic rings.